The van der Waals surface area contributed by atoms with E-state index in [0.717, 1.165) is 27.9 Å². The number of aromatic nitrogens is 3. The van der Waals surface area contributed by atoms with Gasteiger partial charge in [0.1, 0.15) is 10.8 Å². The second-order valence-electron chi connectivity index (χ2n) is 5.32. The van der Waals surface area contributed by atoms with Crippen molar-refractivity contribution < 1.29 is 0 Å². The summed E-state index contributed by atoms with van der Waals surface area (Å²) in [5, 5.41) is 0. The average Bonchev–Trinajstić information content (AvgIpc) is 2.43. The minimum absolute atomic E-state index is 0.217. The Bertz CT molecular complexity index is 909. The van der Waals surface area contributed by atoms with Crippen LogP contribution in [0.1, 0.15) is 28.1 Å². The highest BCUT2D eigenvalue weighted by Crippen LogP contribution is 2.24. The largest absolute Gasteiger partial charge is 0.389 e. The van der Waals surface area contributed by atoms with Gasteiger partial charge in [0.15, 0.2) is 0 Å². The van der Waals surface area contributed by atoms with Crippen LogP contribution in [-0.2, 0) is 7.05 Å². The number of nitrogens with zero attached hydrogens (tertiary/aromatic N) is 3. The summed E-state index contributed by atoms with van der Waals surface area (Å²) in [5.74, 6) is 0.582. The van der Waals surface area contributed by atoms with Crippen LogP contribution in [0.3, 0.4) is 0 Å². The number of rotatable bonds is 2. The predicted octanol–water partition coefficient (Wildman–Crippen LogP) is 2.17. The minimum Gasteiger partial charge on any atom is -0.389 e. The molecule has 22 heavy (non-hydrogen) atoms. The molecule has 2 N–H and O–H groups in total. The molecule has 1 heterocycles. The van der Waals surface area contributed by atoms with Crippen molar-refractivity contribution in [3.63, 3.8) is 0 Å². The van der Waals surface area contributed by atoms with Gasteiger partial charge in [0, 0.05) is 12.6 Å². The lowest BCUT2D eigenvalue weighted by Crippen LogP contribution is -2.32. The molecule has 116 valence electrons. The molecule has 1 aromatic carbocycles. The fourth-order valence-corrected chi connectivity index (χ4v) is 3.01. The van der Waals surface area contributed by atoms with E-state index >= 15 is 0 Å². The molecular formula is C15H18N4OS2. The van der Waals surface area contributed by atoms with E-state index in [-0.39, 0.29) is 10.5 Å². The summed E-state index contributed by atoms with van der Waals surface area (Å²) in [6.07, 6.45) is 0. The first kappa shape index (κ1) is 16.5. The lowest BCUT2D eigenvalue weighted by atomic mass is 9.97. The van der Waals surface area contributed by atoms with E-state index in [4.69, 9.17) is 30.2 Å². The van der Waals surface area contributed by atoms with E-state index in [2.05, 4.69) is 4.98 Å². The predicted molar refractivity (Wildman–Crippen MR) is 94.5 cm³/mol. The first-order chi connectivity index (χ1) is 10.2. The summed E-state index contributed by atoms with van der Waals surface area (Å²) in [6, 6.07) is 1.89. The van der Waals surface area contributed by atoms with Gasteiger partial charge in [-0.05, 0) is 62.7 Å². The highest BCUT2D eigenvalue weighted by Gasteiger charge is 2.16. The second kappa shape index (κ2) is 5.73. The molecule has 0 aliphatic carbocycles. The minimum atomic E-state index is -0.217. The van der Waals surface area contributed by atoms with Gasteiger partial charge >= 0.3 is 5.69 Å². The zero-order chi connectivity index (χ0) is 16.8. The van der Waals surface area contributed by atoms with E-state index in [0.29, 0.717) is 10.8 Å². The summed E-state index contributed by atoms with van der Waals surface area (Å²) in [5.41, 5.74) is 9.86. The fraction of sp³-hybridized carbons (Fsp3) is 0.333. The van der Waals surface area contributed by atoms with Gasteiger partial charge < -0.3 is 5.73 Å². The van der Waals surface area contributed by atoms with Crippen molar-refractivity contribution in [2.45, 2.75) is 27.7 Å². The Morgan fingerprint density at radius 2 is 1.82 bits per heavy atom. The molecule has 0 amide bonds. The molecule has 2 aromatic rings. The third-order valence-electron chi connectivity index (χ3n) is 3.96. The van der Waals surface area contributed by atoms with Crippen LogP contribution < -0.4 is 11.4 Å². The smallest absolute Gasteiger partial charge is 0.336 e. The number of aryl methyl sites for hydroxylation is 2. The molecule has 1 aromatic heterocycles. The van der Waals surface area contributed by atoms with E-state index in [9.17, 15) is 4.79 Å². The van der Waals surface area contributed by atoms with Gasteiger partial charge in [-0.15, -0.1) is 0 Å². The van der Waals surface area contributed by atoms with Crippen molar-refractivity contribution in [3.05, 3.63) is 49.4 Å². The van der Waals surface area contributed by atoms with Gasteiger partial charge in [0.05, 0.1) is 5.69 Å². The lowest BCUT2D eigenvalue weighted by molar-refractivity contribution is 0.673. The molecule has 0 aliphatic rings. The Morgan fingerprint density at radius 1 is 1.23 bits per heavy atom. The number of benzene rings is 1. The van der Waals surface area contributed by atoms with Crippen LogP contribution in [0.2, 0.25) is 0 Å². The lowest BCUT2D eigenvalue weighted by Gasteiger charge is -2.18. The Kier molecular flexibility index (Phi) is 4.30. The van der Waals surface area contributed by atoms with Gasteiger partial charge in [-0.25, -0.2) is 14.3 Å². The summed E-state index contributed by atoms with van der Waals surface area (Å²) in [6.45, 7) is 7.52. The monoisotopic (exact) mass is 334 g/mol. The van der Waals surface area contributed by atoms with Crippen molar-refractivity contribution in [2.24, 2.45) is 12.8 Å². The number of nitrogens with two attached hydrogens (primary N) is 1. The molecule has 0 radical (unpaired) electrons. The molecule has 0 unspecified atom stereocenters. The van der Waals surface area contributed by atoms with Crippen LogP contribution in [0, 0.1) is 32.5 Å². The summed E-state index contributed by atoms with van der Waals surface area (Å²) in [7, 11) is 1.68. The second-order valence-corrected chi connectivity index (χ2v) is 6.13. The van der Waals surface area contributed by atoms with Crippen molar-refractivity contribution in [2.75, 3.05) is 0 Å². The SMILES string of the molecule is Cc1cc(C(N)=S)c(C)c(C)c1-n1c(=S)nc(C)n(C)c1=O. The van der Waals surface area contributed by atoms with Crippen molar-refractivity contribution in [1.29, 1.82) is 0 Å². The molecule has 0 fully saturated rings. The maximum Gasteiger partial charge on any atom is 0.336 e. The molecular weight excluding hydrogens is 316 g/mol. The van der Waals surface area contributed by atoms with Crippen LogP contribution in [0.15, 0.2) is 10.9 Å². The third kappa shape index (κ3) is 2.50. The standard InChI is InChI=1S/C15H18N4OS2/c1-7-6-11(13(16)21)8(2)9(3)12(7)19-14(22)17-10(4)18(5)15(19)20/h6H,1-5H3,(H2,16,21). The van der Waals surface area contributed by atoms with Crippen molar-refractivity contribution in [3.8, 4) is 5.69 Å². The molecule has 2 rings (SSSR count). The van der Waals surface area contributed by atoms with Gasteiger partial charge in [0.25, 0.3) is 0 Å². The van der Waals surface area contributed by atoms with Crippen LogP contribution in [-0.4, -0.2) is 19.1 Å². The molecule has 5 nitrogen and oxygen atoms in total. The van der Waals surface area contributed by atoms with E-state index in [1.807, 2.05) is 26.8 Å². The highest BCUT2D eigenvalue weighted by molar-refractivity contribution is 7.80. The molecule has 0 bridgehead atoms. The maximum absolute atomic E-state index is 12.6. The van der Waals surface area contributed by atoms with Crippen molar-refractivity contribution in [1.82, 2.24) is 14.1 Å². The fourth-order valence-electron chi connectivity index (χ4n) is 2.49. The van der Waals surface area contributed by atoms with Gasteiger partial charge in [-0.2, -0.15) is 0 Å². The van der Waals surface area contributed by atoms with Crippen LogP contribution >= 0.6 is 24.4 Å². The topological polar surface area (TPSA) is 65.8 Å². The number of hydrogen-bond acceptors (Lipinski definition) is 4. The molecule has 0 spiro atoms. The van der Waals surface area contributed by atoms with E-state index in [1.165, 1.54) is 9.13 Å². The molecule has 0 saturated heterocycles. The quantitative estimate of drug-likeness (QED) is 0.853. The van der Waals surface area contributed by atoms with Crippen molar-refractivity contribution >= 4 is 29.4 Å². The summed E-state index contributed by atoms with van der Waals surface area (Å²) >= 11 is 10.4. The first-order valence-electron chi connectivity index (χ1n) is 6.74. The normalized spacial score (nSPS) is 10.8. The maximum atomic E-state index is 12.6. The van der Waals surface area contributed by atoms with Crippen LogP contribution in [0.25, 0.3) is 5.69 Å². The molecule has 0 saturated carbocycles. The van der Waals surface area contributed by atoms with Gasteiger partial charge in [0.2, 0.25) is 4.77 Å². The average molecular weight is 334 g/mol. The Balaban J connectivity index is 2.95. The molecule has 7 heteroatoms. The summed E-state index contributed by atoms with van der Waals surface area (Å²) < 4.78 is 3.18. The molecule has 0 atom stereocenters. The number of thiocarbonyl (C=S) groups is 1. The first-order valence-corrected chi connectivity index (χ1v) is 7.56. The Hall–Kier alpha value is -1.86. The Labute approximate surface area is 139 Å². The number of hydrogen-bond donors (Lipinski definition) is 1. The Morgan fingerprint density at radius 3 is 2.36 bits per heavy atom. The zero-order valence-corrected chi connectivity index (χ0v) is 14.9. The zero-order valence-electron chi connectivity index (χ0n) is 13.2. The molecule has 0 aliphatic heterocycles. The van der Waals surface area contributed by atoms with Crippen LogP contribution in [0.5, 0.6) is 0 Å². The summed E-state index contributed by atoms with van der Waals surface area (Å²) in [4.78, 5) is 17.2. The van der Waals surface area contributed by atoms with E-state index < -0.39 is 0 Å². The highest BCUT2D eigenvalue weighted by atomic mass is 32.1. The third-order valence-corrected chi connectivity index (χ3v) is 4.45. The van der Waals surface area contributed by atoms with Gasteiger partial charge in [-0.3, -0.25) is 4.57 Å². The van der Waals surface area contributed by atoms with E-state index in [1.54, 1.807) is 14.0 Å². The van der Waals surface area contributed by atoms with Crippen LogP contribution in [0.4, 0.5) is 0 Å². The van der Waals surface area contributed by atoms with Gasteiger partial charge in [-0.1, -0.05) is 12.2 Å².